The van der Waals surface area contributed by atoms with Gasteiger partial charge in [0.25, 0.3) is 0 Å². The lowest BCUT2D eigenvalue weighted by molar-refractivity contribution is 0.191. The molecule has 10 heavy (non-hydrogen) atoms. The Balaban J connectivity index is 1.92. The van der Waals surface area contributed by atoms with E-state index < -0.39 is 0 Å². The fourth-order valence-electron chi connectivity index (χ4n) is 1.50. The van der Waals surface area contributed by atoms with Crippen LogP contribution in [0.5, 0.6) is 0 Å². The summed E-state index contributed by atoms with van der Waals surface area (Å²) in [6.45, 7) is 7.04. The molecule has 0 unspecified atom stereocenters. The number of hydrogen-bond donors (Lipinski definition) is 1. The fourth-order valence-corrected chi connectivity index (χ4v) is 1.50. The monoisotopic (exact) mass is 141 g/mol. The molecule has 0 bridgehead atoms. The third kappa shape index (κ3) is 1.98. The zero-order valence-electron chi connectivity index (χ0n) is 7.19. The van der Waals surface area contributed by atoms with Crippen molar-refractivity contribution in [3.8, 4) is 0 Å². The standard InChI is InChI=1S/C9H19N/c1-3-6-10-7-9-5-4-8(9)2/h8-10H,3-7H2,1-2H3/t8-,9-/m1/s1. The van der Waals surface area contributed by atoms with Crippen molar-refractivity contribution in [3.05, 3.63) is 0 Å². The molecular weight excluding hydrogens is 122 g/mol. The van der Waals surface area contributed by atoms with Gasteiger partial charge in [-0.1, -0.05) is 20.3 Å². The van der Waals surface area contributed by atoms with E-state index in [4.69, 9.17) is 0 Å². The molecule has 1 N–H and O–H groups in total. The second-order valence-electron chi connectivity index (χ2n) is 3.52. The zero-order valence-corrected chi connectivity index (χ0v) is 7.19. The van der Waals surface area contributed by atoms with Gasteiger partial charge in [-0.05, 0) is 37.8 Å². The molecule has 1 fully saturated rings. The average molecular weight is 141 g/mol. The molecule has 1 rings (SSSR count). The van der Waals surface area contributed by atoms with Gasteiger partial charge in [-0.2, -0.15) is 0 Å². The maximum absolute atomic E-state index is 3.47. The first kappa shape index (κ1) is 8.06. The minimum atomic E-state index is 0.990. The van der Waals surface area contributed by atoms with Crippen LogP contribution >= 0.6 is 0 Å². The van der Waals surface area contributed by atoms with Gasteiger partial charge in [0.05, 0.1) is 0 Å². The molecule has 60 valence electrons. The summed E-state index contributed by atoms with van der Waals surface area (Å²) in [6, 6.07) is 0. The lowest BCUT2D eigenvalue weighted by Gasteiger charge is -2.33. The van der Waals surface area contributed by atoms with Crippen LogP contribution in [-0.2, 0) is 0 Å². The topological polar surface area (TPSA) is 12.0 Å². The van der Waals surface area contributed by atoms with E-state index in [2.05, 4.69) is 19.2 Å². The quantitative estimate of drug-likeness (QED) is 0.591. The molecule has 2 atom stereocenters. The van der Waals surface area contributed by atoms with E-state index >= 15 is 0 Å². The SMILES string of the molecule is CCCNC[C@H]1CC[C@H]1C. The summed E-state index contributed by atoms with van der Waals surface area (Å²) < 4.78 is 0. The van der Waals surface area contributed by atoms with Gasteiger partial charge in [0.1, 0.15) is 0 Å². The lowest BCUT2D eigenvalue weighted by Crippen LogP contribution is -2.33. The lowest BCUT2D eigenvalue weighted by atomic mass is 9.75. The minimum absolute atomic E-state index is 0.990. The Bertz CT molecular complexity index is 90.7. The summed E-state index contributed by atoms with van der Waals surface area (Å²) in [5.74, 6) is 1.98. The highest BCUT2D eigenvalue weighted by molar-refractivity contribution is 4.78. The Kier molecular flexibility index (Phi) is 3.20. The predicted molar refractivity (Wildman–Crippen MR) is 45.0 cm³/mol. The third-order valence-corrected chi connectivity index (χ3v) is 2.63. The Morgan fingerprint density at radius 2 is 2.20 bits per heavy atom. The molecule has 0 aromatic rings. The second kappa shape index (κ2) is 3.97. The van der Waals surface area contributed by atoms with Gasteiger partial charge in [0.15, 0.2) is 0 Å². The molecule has 1 heteroatoms. The molecule has 0 heterocycles. The van der Waals surface area contributed by atoms with E-state index in [9.17, 15) is 0 Å². The minimum Gasteiger partial charge on any atom is -0.316 e. The molecule has 0 amide bonds. The van der Waals surface area contributed by atoms with Gasteiger partial charge in [-0.25, -0.2) is 0 Å². The Morgan fingerprint density at radius 1 is 1.40 bits per heavy atom. The first-order chi connectivity index (χ1) is 4.84. The molecule has 1 saturated carbocycles. The molecule has 1 aliphatic rings. The van der Waals surface area contributed by atoms with Crippen LogP contribution in [0, 0.1) is 11.8 Å². The first-order valence-electron chi connectivity index (χ1n) is 4.55. The highest BCUT2D eigenvalue weighted by atomic mass is 14.9. The Labute approximate surface area is 64.2 Å². The van der Waals surface area contributed by atoms with Gasteiger partial charge < -0.3 is 5.32 Å². The van der Waals surface area contributed by atoms with Crippen LogP contribution in [-0.4, -0.2) is 13.1 Å². The molecule has 1 aliphatic carbocycles. The van der Waals surface area contributed by atoms with E-state index in [0.717, 1.165) is 11.8 Å². The van der Waals surface area contributed by atoms with E-state index in [1.54, 1.807) is 0 Å². The molecule has 0 aliphatic heterocycles. The third-order valence-electron chi connectivity index (χ3n) is 2.63. The Hall–Kier alpha value is -0.0400. The fraction of sp³-hybridized carbons (Fsp3) is 1.00. The van der Waals surface area contributed by atoms with Crippen LogP contribution in [0.3, 0.4) is 0 Å². The van der Waals surface area contributed by atoms with Crippen LogP contribution in [0.15, 0.2) is 0 Å². The maximum Gasteiger partial charge on any atom is -0.00180 e. The summed E-state index contributed by atoms with van der Waals surface area (Å²) in [7, 11) is 0. The summed E-state index contributed by atoms with van der Waals surface area (Å²) in [4.78, 5) is 0. The highest BCUT2D eigenvalue weighted by Gasteiger charge is 2.25. The van der Waals surface area contributed by atoms with Crippen molar-refractivity contribution in [3.63, 3.8) is 0 Å². The molecule has 0 spiro atoms. The van der Waals surface area contributed by atoms with E-state index in [1.807, 2.05) is 0 Å². The molecular formula is C9H19N. The van der Waals surface area contributed by atoms with Crippen molar-refractivity contribution in [1.29, 1.82) is 0 Å². The van der Waals surface area contributed by atoms with E-state index in [-0.39, 0.29) is 0 Å². The van der Waals surface area contributed by atoms with Crippen LogP contribution in [0.2, 0.25) is 0 Å². The largest absolute Gasteiger partial charge is 0.316 e. The summed E-state index contributed by atoms with van der Waals surface area (Å²) in [5.41, 5.74) is 0. The second-order valence-corrected chi connectivity index (χ2v) is 3.52. The van der Waals surface area contributed by atoms with E-state index in [0.29, 0.717) is 0 Å². The van der Waals surface area contributed by atoms with E-state index in [1.165, 1.54) is 32.4 Å². The van der Waals surface area contributed by atoms with Gasteiger partial charge in [-0.15, -0.1) is 0 Å². The molecule has 0 saturated heterocycles. The van der Waals surface area contributed by atoms with Gasteiger partial charge >= 0.3 is 0 Å². The van der Waals surface area contributed by atoms with Gasteiger partial charge in [0.2, 0.25) is 0 Å². The van der Waals surface area contributed by atoms with Crippen molar-refractivity contribution in [2.75, 3.05) is 13.1 Å². The van der Waals surface area contributed by atoms with Crippen LogP contribution in [0.25, 0.3) is 0 Å². The molecule has 0 aromatic heterocycles. The van der Waals surface area contributed by atoms with Crippen molar-refractivity contribution >= 4 is 0 Å². The zero-order chi connectivity index (χ0) is 7.40. The highest BCUT2D eigenvalue weighted by Crippen LogP contribution is 2.32. The first-order valence-corrected chi connectivity index (χ1v) is 4.55. The Morgan fingerprint density at radius 3 is 2.60 bits per heavy atom. The van der Waals surface area contributed by atoms with Crippen LogP contribution in [0.4, 0.5) is 0 Å². The summed E-state index contributed by atoms with van der Waals surface area (Å²) in [5, 5.41) is 3.47. The van der Waals surface area contributed by atoms with Gasteiger partial charge in [0, 0.05) is 0 Å². The predicted octanol–water partition coefficient (Wildman–Crippen LogP) is 2.03. The number of rotatable bonds is 4. The smallest absolute Gasteiger partial charge is 0.00180 e. The normalized spacial score (nSPS) is 31.8. The average Bonchev–Trinajstić information content (AvgIpc) is 1.95. The van der Waals surface area contributed by atoms with Crippen molar-refractivity contribution < 1.29 is 0 Å². The van der Waals surface area contributed by atoms with Gasteiger partial charge in [-0.3, -0.25) is 0 Å². The summed E-state index contributed by atoms with van der Waals surface area (Å²) in [6.07, 6.45) is 4.18. The van der Waals surface area contributed by atoms with Crippen molar-refractivity contribution in [2.45, 2.75) is 33.1 Å². The number of nitrogens with one attached hydrogen (secondary N) is 1. The maximum atomic E-state index is 3.47. The van der Waals surface area contributed by atoms with Crippen LogP contribution in [0.1, 0.15) is 33.1 Å². The molecule has 0 aromatic carbocycles. The van der Waals surface area contributed by atoms with Crippen molar-refractivity contribution in [1.82, 2.24) is 5.32 Å². The van der Waals surface area contributed by atoms with Crippen LogP contribution < -0.4 is 5.32 Å². The molecule has 0 radical (unpaired) electrons. The number of hydrogen-bond acceptors (Lipinski definition) is 1. The van der Waals surface area contributed by atoms with Crippen molar-refractivity contribution in [2.24, 2.45) is 11.8 Å². The summed E-state index contributed by atoms with van der Waals surface area (Å²) >= 11 is 0. The molecule has 1 nitrogen and oxygen atoms in total.